The Balaban J connectivity index is 1.83. The molecule has 9 heteroatoms. The second kappa shape index (κ2) is 7.87. The molecule has 0 radical (unpaired) electrons. The zero-order valence-corrected chi connectivity index (χ0v) is 14.9. The lowest BCUT2D eigenvalue weighted by Gasteiger charge is -2.15. The summed E-state index contributed by atoms with van der Waals surface area (Å²) in [5, 5.41) is 15.2. The van der Waals surface area contributed by atoms with Crippen molar-refractivity contribution in [2.45, 2.75) is 13.3 Å². The number of anilines is 3. The van der Waals surface area contributed by atoms with Gasteiger partial charge in [-0.05, 0) is 42.8 Å². The van der Waals surface area contributed by atoms with E-state index in [9.17, 15) is 9.90 Å². The molecule has 134 valence electrons. The van der Waals surface area contributed by atoms with E-state index in [0.29, 0.717) is 29.3 Å². The molecule has 2 amide bonds. The van der Waals surface area contributed by atoms with E-state index in [1.54, 1.807) is 42.6 Å². The first-order valence-electron chi connectivity index (χ1n) is 8.03. The Morgan fingerprint density at radius 2 is 1.96 bits per heavy atom. The van der Waals surface area contributed by atoms with Gasteiger partial charge in [-0.15, -0.1) is 0 Å². The van der Waals surface area contributed by atoms with Crippen molar-refractivity contribution in [2.24, 2.45) is 0 Å². The van der Waals surface area contributed by atoms with Crippen LogP contribution in [-0.2, 0) is 0 Å². The van der Waals surface area contributed by atoms with E-state index < -0.39 is 0 Å². The Hall–Kier alpha value is -3.07. The predicted octanol–water partition coefficient (Wildman–Crippen LogP) is 3.24. The number of phenolic OH excluding ortho intramolecular Hbond substituents is 1. The van der Waals surface area contributed by atoms with Gasteiger partial charge in [-0.25, -0.2) is 24.1 Å². The molecule has 0 saturated heterocycles. The predicted molar refractivity (Wildman–Crippen MR) is 104 cm³/mol. The number of benzene rings is 1. The van der Waals surface area contributed by atoms with Crippen LogP contribution in [0.1, 0.15) is 13.3 Å². The van der Waals surface area contributed by atoms with E-state index in [4.69, 9.17) is 0 Å². The summed E-state index contributed by atoms with van der Waals surface area (Å²) in [5.74, 6) is 1.03. The number of aromatic nitrogens is 3. The van der Waals surface area contributed by atoms with E-state index in [1.807, 2.05) is 6.92 Å². The largest absolute Gasteiger partial charge is 0.508 e. The maximum atomic E-state index is 12.0. The molecule has 2 aromatic heterocycles. The lowest BCUT2D eigenvalue weighted by molar-refractivity contribution is 0.250. The van der Waals surface area contributed by atoms with Crippen LogP contribution >= 0.6 is 12.8 Å². The molecule has 3 rings (SSSR count). The summed E-state index contributed by atoms with van der Waals surface area (Å²) in [7, 11) is 0. The highest BCUT2D eigenvalue weighted by Crippen LogP contribution is 2.21. The normalized spacial score (nSPS) is 10.5. The number of amides is 2. The van der Waals surface area contributed by atoms with Gasteiger partial charge in [0.05, 0.1) is 6.20 Å². The highest BCUT2D eigenvalue weighted by atomic mass is 32.1. The molecule has 0 unspecified atom stereocenters. The summed E-state index contributed by atoms with van der Waals surface area (Å²) in [6.45, 7) is 2.53. The Labute approximate surface area is 155 Å². The number of carbonyl (C=O) groups excluding carboxylic acids is 1. The maximum Gasteiger partial charge on any atom is 0.333 e. The fraction of sp³-hybridized carbons (Fsp3) is 0.176. The molecule has 0 saturated carbocycles. The van der Waals surface area contributed by atoms with Crippen molar-refractivity contribution < 1.29 is 9.90 Å². The van der Waals surface area contributed by atoms with Gasteiger partial charge in [0.1, 0.15) is 17.1 Å². The molecule has 3 N–H and O–H groups in total. The summed E-state index contributed by atoms with van der Waals surface area (Å²) < 4.78 is 1.14. The first kappa shape index (κ1) is 17.7. The van der Waals surface area contributed by atoms with Crippen molar-refractivity contribution in [3.05, 3.63) is 42.6 Å². The Kier molecular flexibility index (Phi) is 5.37. The Bertz CT molecular complexity index is 919. The van der Waals surface area contributed by atoms with Crippen LogP contribution in [0.3, 0.4) is 0 Å². The van der Waals surface area contributed by atoms with Crippen LogP contribution in [-0.4, -0.2) is 32.6 Å². The zero-order valence-electron chi connectivity index (χ0n) is 14.0. The Morgan fingerprint density at radius 1 is 1.19 bits per heavy atom. The van der Waals surface area contributed by atoms with Crippen LogP contribution in [0.2, 0.25) is 0 Å². The van der Waals surface area contributed by atoms with Crippen molar-refractivity contribution >= 4 is 47.3 Å². The van der Waals surface area contributed by atoms with E-state index in [0.717, 1.165) is 16.4 Å². The highest BCUT2D eigenvalue weighted by molar-refractivity contribution is 7.82. The second-order valence-electron chi connectivity index (χ2n) is 5.48. The van der Waals surface area contributed by atoms with Crippen molar-refractivity contribution in [1.82, 2.24) is 20.3 Å². The van der Waals surface area contributed by atoms with Gasteiger partial charge in [0.15, 0.2) is 11.5 Å². The van der Waals surface area contributed by atoms with Crippen LogP contribution in [0, 0.1) is 0 Å². The number of carbonyl (C=O) groups is 1. The molecule has 0 aliphatic heterocycles. The van der Waals surface area contributed by atoms with E-state index >= 15 is 0 Å². The van der Waals surface area contributed by atoms with Gasteiger partial charge in [-0.3, -0.25) is 0 Å². The number of nitrogens with one attached hydrogen (secondary N) is 2. The molecule has 0 spiro atoms. The van der Waals surface area contributed by atoms with E-state index in [1.165, 1.54) is 0 Å². The van der Waals surface area contributed by atoms with Crippen molar-refractivity contribution in [3.63, 3.8) is 0 Å². The van der Waals surface area contributed by atoms with Gasteiger partial charge in [-0.1, -0.05) is 19.7 Å². The molecule has 3 aromatic rings. The molecule has 0 aliphatic carbocycles. The summed E-state index contributed by atoms with van der Waals surface area (Å²) in [6.07, 6.45) is 2.42. The van der Waals surface area contributed by atoms with Crippen LogP contribution in [0.15, 0.2) is 42.6 Å². The van der Waals surface area contributed by atoms with Gasteiger partial charge >= 0.3 is 6.03 Å². The highest BCUT2D eigenvalue weighted by Gasteiger charge is 2.14. The van der Waals surface area contributed by atoms with Crippen LogP contribution < -0.4 is 14.9 Å². The summed E-state index contributed by atoms with van der Waals surface area (Å²) in [6, 6.07) is 9.61. The number of urea groups is 1. The zero-order chi connectivity index (χ0) is 18.5. The van der Waals surface area contributed by atoms with Crippen molar-refractivity contribution in [3.8, 4) is 5.75 Å². The van der Waals surface area contributed by atoms with Gasteiger partial charge in [-0.2, -0.15) is 0 Å². The monoisotopic (exact) mass is 370 g/mol. The van der Waals surface area contributed by atoms with Crippen molar-refractivity contribution in [1.29, 1.82) is 0 Å². The number of hydrogen-bond acceptors (Lipinski definition) is 7. The van der Waals surface area contributed by atoms with Gasteiger partial charge in [0, 0.05) is 12.2 Å². The number of pyridine rings is 1. The average molecular weight is 370 g/mol. The number of nitrogens with zero attached hydrogens (tertiary/aromatic N) is 4. The summed E-state index contributed by atoms with van der Waals surface area (Å²) in [5.41, 5.74) is 1.73. The summed E-state index contributed by atoms with van der Waals surface area (Å²) in [4.78, 5) is 25.1. The van der Waals surface area contributed by atoms with Gasteiger partial charge < -0.3 is 15.7 Å². The van der Waals surface area contributed by atoms with E-state index in [2.05, 4.69) is 38.4 Å². The SMILES string of the molecule is CCCNC(=O)N(S)c1ccc2ncc(Nc3ccc(O)cc3)nc2n1. The third-order valence-electron chi connectivity index (χ3n) is 3.47. The number of rotatable bonds is 5. The molecule has 0 aliphatic rings. The molecular formula is C17H18N6O2S. The van der Waals surface area contributed by atoms with Crippen molar-refractivity contribution in [2.75, 3.05) is 16.2 Å². The minimum atomic E-state index is -0.353. The molecule has 0 atom stereocenters. The maximum absolute atomic E-state index is 12.0. The fourth-order valence-electron chi connectivity index (χ4n) is 2.17. The minimum Gasteiger partial charge on any atom is -0.508 e. The van der Waals surface area contributed by atoms with Gasteiger partial charge in [0.2, 0.25) is 0 Å². The number of hydrogen-bond donors (Lipinski definition) is 4. The molecule has 26 heavy (non-hydrogen) atoms. The molecule has 8 nitrogen and oxygen atoms in total. The number of fused-ring (bicyclic) bond motifs is 1. The average Bonchev–Trinajstić information content (AvgIpc) is 2.66. The third kappa shape index (κ3) is 4.12. The fourth-order valence-corrected chi connectivity index (χ4v) is 2.35. The molecular weight excluding hydrogens is 352 g/mol. The van der Waals surface area contributed by atoms with Crippen LogP contribution in [0.25, 0.3) is 11.2 Å². The van der Waals surface area contributed by atoms with Gasteiger partial charge in [0.25, 0.3) is 0 Å². The number of aromatic hydroxyl groups is 1. The molecule has 0 fully saturated rings. The lowest BCUT2D eigenvalue weighted by Crippen LogP contribution is -2.34. The quantitative estimate of drug-likeness (QED) is 0.406. The number of phenols is 1. The van der Waals surface area contributed by atoms with Crippen LogP contribution in [0.5, 0.6) is 5.75 Å². The third-order valence-corrected chi connectivity index (χ3v) is 3.85. The topological polar surface area (TPSA) is 103 Å². The first-order valence-corrected chi connectivity index (χ1v) is 8.43. The smallest absolute Gasteiger partial charge is 0.333 e. The molecule has 0 bridgehead atoms. The van der Waals surface area contributed by atoms with Crippen LogP contribution in [0.4, 0.5) is 22.1 Å². The summed E-state index contributed by atoms with van der Waals surface area (Å²) >= 11 is 4.20. The molecule has 2 heterocycles. The number of thiol groups is 1. The Morgan fingerprint density at radius 3 is 2.69 bits per heavy atom. The first-order chi connectivity index (χ1) is 12.6. The van der Waals surface area contributed by atoms with E-state index in [-0.39, 0.29) is 11.8 Å². The standard InChI is InChI=1S/C17H18N6O2S/c1-2-9-18-17(25)23(26)15-8-7-13-16(22-15)21-14(10-19-13)20-11-3-5-12(24)6-4-11/h3-8,10,24,26H,2,9H2,1H3,(H,18,25)(H,20,21,22). The lowest BCUT2D eigenvalue weighted by atomic mass is 10.3. The second-order valence-corrected chi connectivity index (χ2v) is 5.88. The molecule has 1 aromatic carbocycles. The minimum absolute atomic E-state index is 0.182.